The number of nitrogens with two attached hydrogens (primary N) is 1. The number of anilines is 1. The van der Waals surface area contributed by atoms with Crippen molar-refractivity contribution in [3.05, 3.63) is 24.0 Å². The summed E-state index contributed by atoms with van der Waals surface area (Å²) < 4.78 is 15.7. The summed E-state index contributed by atoms with van der Waals surface area (Å²) in [6, 6.07) is 5.76. The van der Waals surface area contributed by atoms with Crippen LogP contribution in [0.1, 0.15) is 33.1 Å². The van der Waals surface area contributed by atoms with Crippen LogP contribution >= 0.6 is 0 Å². The lowest BCUT2D eigenvalue weighted by Crippen LogP contribution is -2.51. The number of fused-ring (bicyclic) bond motifs is 1. The van der Waals surface area contributed by atoms with Crippen LogP contribution in [0.3, 0.4) is 0 Å². The number of para-hydroxylation sites is 1. The lowest BCUT2D eigenvalue weighted by atomic mass is 10.00. The van der Waals surface area contributed by atoms with Crippen LogP contribution < -0.4 is 10.7 Å². The second-order valence-electron chi connectivity index (χ2n) is 5.40. The molecule has 0 radical (unpaired) electrons. The van der Waals surface area contributed by atoms with E-state index in [0.29, 0.717) is 23.5 Å². The van der Waals surface area contributed by atoms with Gasteiger partial charge in [-0.25, -0.2) is 14.1 Å². The molecule has 2 heterocycles. The van der Waals surface area contributed by atoms with Crippen molar-refractivity contribution in [2.75, 3.05) is 10.7 Å². The highest BCUT2D eigenvalue weighted by Gasteiger charge is 2.28. The molecule has 1 aliphatic heterocycles. The summed E-state index contributed by atoms with van der Waals surface area (Å²) in [6.45, 7) is 4.36. The minimum absolute atomic E-state index is 0.319. The molecule has 2 aromatic rings. The van der Waals surface area contributed by atoms with Crippen molar-refractivity contribution in [2.24, 2.45) is 0 Å². The van der Waals surface area contributed by atoms with Gasteiger partial charge in [0.25, 0.3) is 0 Å². The SMILES string of the molecule is CC1CCCC(C)N1n1c(N)nc2c(F)cccc21. The predicted molar refractivity (Wildman–Crippen MR) is 75.1 cm³/mol. The molecular formula is C14H19FN4. The zero-order valence-corrected chi connectivity index (χ0v) is 11.3. The Bertz CT molecular complexity index is 597. The summed E-state index contributed by atoms with van der Waals surface area (Å²) in [4.78, 5) is 4.18. The van der Waals surface area contributed by atoms with Crippen molar-refractivity contribution in [2.45, 2.75) is 45.2 Å². The maximum Gasteiger partial charge on any atom is 0.220 e. The standard InChI is InChI=1S/C14H19FN4/c1-9-5-3-6-10(2)18(9)19-12-8-4-7-11(15)13(12)17-14(19)16/h4,7-10H,3,5-6H2,1-2H3,(H2,16,17). The average molecular weight is 262 g/mol. The zero-order chi connectivity index (χ0) is 13.6. The predicted octanol–water partition coefficient (Wildman–Crippen LogP) is 2.66. The molecule has 2 atom stereocenters. The van der Waals surface area contributed by atoms with Crippen LogP contribution in [0.15, 0.2) is 18.2 Å². The number of halogens is 1. The summed E-state index contributed by atoms with van der Waals surface area (Å²) in [5.41, 5.74) is 7.12. The summed E-state index contributed by atoms with van der Waals surface area (Å²) in [7, 11) is 0. The lowest BCUT2D eigenvalue weighted by molar-refractivity contribution is 0.343. The maximum atomic E-state index is 13.8. The Morgan fingerprint density at radius 2 is 1.95 bits per heavy atom. The van der Waals surface area contributed by atoms with E-state index in [-0.39, 0.29) is 5.82 Å². The second-order valence-corrected chi connectivity index (χ2v) is 5.40. The van der Waals surface area contributed by atoms with E-state index < -0.39 is 0 Å². The fraction of sp³-hybridized carbons (Fsp3) is 0.500. The molecule has 5 heteroatoms. The molecule has 1 aromatic carbocycles. The fourth-order valence-corrected chi connectivity index (χ4v) is 3.12. The number of nitrogens with zero attached hydrogens (tertiary/aromatic N) is 3. The van der Waals surface area contributed by atoms with Crippen LogP contribution in [0.2, 0.25) is 0 Å². The first-order valence-corrected chi connectivity index (χ1v) is 6.80. The van der Waals surface area contributed by atoms with Crippen molar-refractivity contribution in [3.63, 3.8) is 0 Å². The van der Waals surface area contributed by atoms with Crippen molar-refractivity contribution >= 4 is 17.0 Å². The minimum Gasteiger partial charge on any atom is -0.368 e. The zero-order valence-electron chi connectivity index (χ0n) is 11.3. The van der Waals surface area contributed by atoms with E-state index in [0.717, 1.165) is 18.4 Å². The van der Waals surface area contributed by atoms with Gasteiger partial charge in [0.1, 0.15) is 5.52 Å². The molecule has 0 aliphatic carbocycles. The first-order valence-electron chi connectivity index (χ1n) is 6.80. The van der Waals surface area contributed by atoms with Gasteiger partial charge in [0.2, 0.25) is 5.95 Å². The van der Waals surface area contributed by atoms with Crippen LogP contribution in [0, 0.1) is 5.82 Å². The highest BCUT2D eigenvalue weighted by atomic mass is 19.1. The molecule has 1 aliphatic rings. The Morgan fingerprint density at radius 1 is 1.26 bits per heavy atom. The Kier molecular flexibility index (Phi) is 2.84. The van der Waals surface area contributed by atoms with Gasteiger partial charge in [0.05, 0.1) is 5.52 Å². The van der Waals surface area contributed by atoms with Gasteiger partial charge in [-0.05, 0) is 45.2 Å². The normalized spacial score (nSPS) is 24.1. The molecule has 4 nitrogen and oxygen atoms in total. The van der Waals surface area contributed by atoms with Crippen LogP contribution in [0.25, 0.3) is 11.0 Å². The van der Waals surface area contributed by atoms with Crippen LogP contribution in [0.5, 0.6) is 0 Å². The van der Waals surface area contributed by atoms with Gasteiger partial charge in [-0.3, -0.25) is 0 Å². The highest BCUT2D eigenvalue weighted by molar-refractivity contribution is 5.79. The van der Waals surface area contributed by atoms with E-state index in [9.17, 15) is 4.39 Å². The van der Waals surface area contributed by atoms with Crippen molar-refractivity contribution < 1.29 is 4.39 Å². The first-order chi connectivity index (χ1) is 9.09. The third-order valence-corrected chi connectivity index (χ3v) is 4.01. The number of piperidine rings is 1. The molecule has 2 N–H and O–H groups in total. The Hall–Kier alpha value is -1.78. The smallest absolute Gasteiger partial charge is 0.220 e. The summed E-state index contributed by atoms with van der Waals surface area (Å²) in [6.07, 6.45) is 3.47. The van der Waals surface area contributed by atoms with E-state index in [4.69, 9.17) is 5.73 Å². The molecule has 0 bridgehead atoms. The molecule has 19 heavy (non-hydrogen) atoms. The molecule has 0 spiro atoms. The first kappa shape index (κ1) is 12.3. The quantitative estimate of drug-likeness (QED) is 0.859. The molecule has 0 saturated carbocycles. The van der Waals surface area contributed by atoms with Gasteiger partial charge in [-0.2, -0.15) is 0 Å². The minimum atomic E-state index is -0.319. The molecule has 1 aromatic heterocycles. The van der Waals surface area contributed by atoms with E-state index in [1.54, 1.807) is 6.07 Å². The number of benzene rings is 1. The lowest BCUT2D eigenvalue weighted by Gasteiger charge is -2.41. The van der Waals surface area contributed by atoms with E-state index >= 15 is 0 Å². The second kappa shape index (κ2) is 4.40. The van der Waals surface area contributed by atoms with Gasteiger partial charge in [0, 0.05) is 12.1 Å². The highest BCUT2D eigenvalue weighted by Crippen LogP contribution is 2.27. The van der Waals surface area contributed by atoms with E-state index in [1.165, 1.54) is 12.5 Å². The number of rotatable bonds is 1. The third kappa shape index (κ3) is 1.84. The molecule has 2 unspecified atom stereocenters. The van der Waals surface area contributed by atoms with Crippen LogP contribution in [0.4, 0.5) is 10.3 Å². The van der Waals surface area contributed by atoms with E-state index in [1.807, 2.05) is 10.7 Å². The largest absolute Gasteiger partial charge is 0.368 e. The van der Waals surface area contributed by atoms with Gasteiger partial charge < -0.3 is 10.7 Å². The molecule has 1 fully saturated rings. The number of aromatic nitrogens is 2. The number of imidazole rings is 1. The maximum absolute atomic E-state index is 13.8. The third-order valence-electron chi connectivity index (χ3n) is 4.01. The van der Waals surface area contributed by atoms with Gasteiger partial charge in [-0.15, -0.1) is 0 Å². The Morgan fingerprint density at radius 3 is 2.63 bits per heavy atom. The van der Waals surface area contributed by atoms with Crippen LogP contribution in [-0.2, 0) is 0 Å². The number of nitrogen functional groups attached to an aromatic ring is 1. The summed E-state index contributed by atoms with van der Waals surface area (Å²) >= 11 is 0. The fourth-order valence-electron chi connectivity index (χ4n) is 3.12. The Balaban J connectivity index is 2.18. The average Bonchev–Trinajstić information content (AvgIpc) is 2.68. The molecule has 3 rings (SSSR count). The summed E-state index contributed by atoms with van der Waals surface area (Å²) in [5.74, 6) is 0.0426. The van der Waals surface area contributed by atoms with E-state index in [2.05, 4.69) is 23.8 Å². The van der Waals surface area contributed by atoms with Crippen molar-refractivity contribution in [3.8, 4) is 0 Å². The summed E-state index contributed by atoms with van der Waals surface area (Å²) in [5, 5.41) is 2.23. The van der Waals surface area contributed by atoms with Gasteiger partial charge >= 0.3 is 0 Å². The molecule has 1 saturated heterocycles. The molecule has 102 valence electrons. The number of hydrogen-bond donors (Lipinski definition) is 1. The monoisotopic (exact) mass is 262 g/mol. The number of hydrogen-bond acceptors (Lipinski definition) is 3. The molecular weight excluding hydrogens is 243 g/mol. The van der Waals surface area contributed by atoms with Crippen molar-refractivity contribution in [1.82, 2.24) is 9.66 Å². The topological polar surface area (TPSA) is 47.1 Å². The van der Waals surface area contributed by atoms with Crippen molar-refractivity contribution in [1.29, 1.82) is 0 Å². The molecule has 0 amide bonds. The Labute approximate surface area is 112 Å². The van der Waals surface area contributed by atoms with Gasteiger partial charge in [-0.1, -0.05) is 6.07 Å². The van der Waals surface area contributed by atoms with Crippen LogP contribution in [-0.4, -0.2) is 21.7 Å². The van der Waals surface area contributed by atoms with Gasteiger partial charge in [0.15, 0.2) is 5.82 Å².